The second-order valence-corrected chi connectivity index (χ2v) is 6.47. The Kier molecular flexibility index (Phi) is 5.48. The van der Waals surface area contributed by atoms with Gasteiger partial charge in [0.25, 0.3) is 0 Å². The Morgan fingerprint density at radius 2 is 2.08 bits per heavy atom. The van der Waals surface area contributed by atoms with Gasteiger partial charge in [-0.2, -0.15) is 0 Å². The molecule has 0 spiro atoms. The van der Waals surface area contributed by atoms with E-state index in [4.69, 9.17) is 21.3 Å². The van der Waals surface area contributed by atoms with Crippen molar-refractivity contribution >= 4 is 17.5 Å². The normalized spacial score (nSPS) is 17.2. The largest absolute Gasteiger partial charge is 0.375 e. The zero-order chi connectivity index (χ0) is 16.9. The standard InChI is InChI=1S/C19H21ClN2O2/c1-24-13-19(23)22-11-3-6-18(22)17-5-2-4-16(21-17)12-14-7-9-15(20)10-8-14/h2,4-5,7-10,18H,3,6,11-13H2,1H3. The molecule has 1 unspecified atom stereocenters. The molecule has 1 aromatic heterocycles. The monoisotopic (exact) mass is 344 g/mol. The quantitative estimate of drug-likeness (QED) is 0.831. The molecule has 1 atom stereocenters. The highest BCUT2D eigenvalue weighted by Crippen LogP contribution is 2.31. The lowest BCUT2D eigenvalue weighted by Gasteiger charge is -2.24. The van der Waals surface area contributed by atoms with E-state index in [1.165, 1.54) is 5.56 Å². The molecule has 0 N–H and O–H groups in total. The van der Waals surface area contributed by atoms with Gasteiger partial charge < -0.3 is 9.64 Å². The predicted molar refractivity (Wildman–Crippen MR) is 94.1 cm³/mol. The third-order valence-electron chi connectivity index (χ3n) is 4.31. The minimum Gasteiger partial charge on any atom is -0.375 e. The molecule has 24 heavy (non-hydrogen) atoms. The van der Waals surface area contributed by atoms with Crippen LogP contribution in [0.4, 0.5) is 0 Å². The molecule has 126 valence electrons. The molecule has 2 heterocycles. The van der Waals surface area contributed by atoms with Gasteiger partial charge in [-0.25, -0.2) is 0 Å². The van der Waals surface area contributed by atoms with Gasteiger partial charge in [0, 0.05) is 30.8 Å². The first kappa shape index (κ1) is 16.9. The van der Waals surface area contributed by atoms with E-state index in [1.807, 2.05) is 47.4 Å². The molecule has 1 saturated heterocycles. The Balaban J connectivity index is 1.77. The van der Waals surface area contributed by atoms with Crippen molar-refractivity contribution in [2.45, 2.75) is 25.3 Å². The van der Waals surface area contributed by atoms with Gasteiger partial charge in [0.1, 0.15) is 6.61 Å². The van der Waals surface area contributed by atoms with Crippen molar-refractivity contribution in [3.8, 4) is 0 Å². The van der Waals surface area contributed by atoms with Gasteiger partial charge in [0.2, 0.25) is 5.91 Å². The Hall–Kier alpha value is -1.91. The lowest BCUT2D eigenvalue weighted by Crippen LogP contribution is -2.33. The summed E-state index contributed by atoms with van der Waals surface area (Å²) in [6.07, 6.45) is 2.71. The maximum Gasteiger partial charge on any atom is 0.249 e. The number of nitrogens with zero attached hydrogens (tertiary/aromatic N) is 2. The first-order chi connectivity index (χ1) is 11.7. The van der Waals surface area contributed by atoms with Crippen LogP contribution in [0.25, 0.3) is 0 Å². The highest BCUT2D eigenvalue weighted by molar-refractivity contribution is 6.30. The number of carbonyl (C=O) groups is 1. The summed E-state index contributed by atoms with van der Waals surface area (Å²) < 4.78 is 4.99. The molecule has 1 aliphatic rings. The number of pyridine rings is 1. The molecular weight excluding hydrogens is 324 g/mol. The van der Waals surface area contributed by atoms with Crippen LogP contribution in [0.15, 0.2) is 42.5 Å². The molecular formula is C19H21ClN2O2. The summed E-state index contributed by atoms with van der Waals surface area (Å²) in [4.78, 5) is 18.9. The Labute approximate surface area is 147 Å². The fourth-order valence-electron chi connectivity index (χ4n) is 3.17. The van der Waals surface area contributed by atoms with Crippen molar-refractivity contribution in [2.75, 3.05) is 20.3 Å². The number of likely N-dealkylation sites (tertiary alicyclic amines) is 1. The zero-order valence-electron chi connectivity index (χ0n) is 13.7. The Morgan fingerprint density at radius 1 is 1.29 bits per heavy atom. The van der Waals surface area contributed by atoms with E-state index < -0.39 is 0 Å². The van der Waals surface area contributed by atoms with E-state index in [2.05, 4.69) is 0 Å². The van der Waals surface area contributed by atoms with E-state index in [9.17, 15) is 4.79 Å². The Bertz CT molecular complexity index is 703. The molecule has 0 aliphatic carbocycles. The van der Waals surface area contributed by atoms with E-state index in [-0.39, 0.29) is 18.6 Å². The van der Waals surface area contributed by atoms with Gasteiger partial charge in [-0.15, -0.1) is 0 Å². The minimum atomic E-state index is 0.0323. The highest BCUT2D eigenvalue weighted by atomic mass is 35.5. The van der Waals surface area contributed by atoms with Crippen LogP contribution in [-0.2, 0) is 16.0 Å². The van der Waals surface area contributed by atoms with E-state index in [0.717, 1.165) is 42.2 Å². The number of rotatable bonds is 5. The first-order valence-electron chi connectivity index (χ1n) is 8.16. The van der Waals surface area contributed by atoms with Crippen LogP contribution >= 0.6 is 11.6 Å². The summed E-state index contributed by atoms with van der Waals surface area (Å²) in [6.45, 7) is 0.900. The molecule has 5 heteroatoms. The molecule has 4 nitrogen and oxygen atoms in total. The van der Waals surface area contributed by atoms with Gasteiger partial charge >= 0.3 is 0 Å². The van der Waals surface area contributed by atoms with Crippen LogP contribution in [0.3, 0.4) is 0 Å². The average molecular weight is 345 g/mol. The van der Waals surface area contributed by atoms with Crippen LogP contribution in [-0.4, -0.2) is 36.1 Å². The summed E-state index contributed by atoms with van der Waals surface area (Å²) in [5.41, 5.74) is 3.13. The molecule has 3 rings (SSSR count). The van der Waals surface area contributed by atoms with Gasteiger partial charge in [0.05, 0.1) is 11.7 Å². The maximum absolute atomic E-state index is 12.2. The number of amides is 1. The van der Waals surface area contributed by atoms with Crippen LogP contribution in [0.1, 0.15) is 35.8 Å². The fourth-order valence-corrected chi connectivity index (χ4v) is 3.30. The number of aromatic nitrogens is 1. The lowest BCUT2D eigenvalue weighted by molar-refractivity contribution is -0.136. The Morgan fingerprint density at radius 3 is 2.83 bits per heavy atom. The topological polar surface area (TPSA) is 42.4 Å². The summed E-state index contributed by atoms with van der Waals surface area (Å²) in [6, 6.07) is 13.9. The van der Waals surface area contributed by atoms with Crippen molar-refractivity contribution in [1.82, 2.24) is 9.88 Å². The van der Waals surface area contributed by atoms with E-state index in [0.29, 0.717) is 0 Å². The number of carbonyl (C=O) groups excluding carboxylic acids is 1. The zero-order valence-corrected chi connectivity index (χ0v) is 14.5. The van der Waals surface area contributed by atoms with Gasteiger partial charge in [-0.05, 0) is 42.7 Å². The molecule has 1 aliphatic heterocycles. The summed E-state index contributed by atoms with van der Waals surface area (Å²) in [7, 11) is 1.55. The van der Waals surface area contributed by atoms with Crippen LogP contribution in [0, 0.1) is 0 Å². The number of benzene rings is 1. The molecule has 2 aromatic rings. The molecule has 0 radical (unpaired) electrons. The smallest absolute Gasteiger partial charge is 0.249 e. The van der Waals surface area contributed by atoms with Gasteiger partial charge in [-0.3, -0.25) is 9.78 Å². The predicted octanol–water partition coefficient (Wildman–Crippen LogP) is 3.64. The minimum absolute atomic E-state index is 0.0323. The third-order valence-corrected chi connectivity index (χ3v) is 4.56. The van der Waals surface area contributed by atoms with Crippen molar-refractivity contribution < 1.29 is 9.53 Å². The van der Waals surface area contributed by atoms with Gasteiger partial charge in [0.15, 0.2) is 0 Å². The average Bonchev–Trinajstić information content (AvgIpc) is 3.07. The second-order valence-electron chi connectivity index (χ2n) is 6.04. The first-order valence-corrected chi connectivity index (χ1v) is 8.54. The molecule has 0 saturated carbocycles. The van der Waals surface area contributed by atoms with E-state index in [1.54, 1.807) is 7.11 Å². The van der Waals surface area contributed by atoms with Gasteiger partial charge in [-0.1, -0.05) is 29.8 Å². The van der Waals surface area contributed by atoms with Crippen LogP contribution in [0.5, 0.6) is 0 Å². The molecule has 0 bridgehead atoms. The summed E-state index contributed by atoms with van der Waals surface area (Å²) in [5.74, 6) is 0.0323. The molecule has 1 fully saturated rings. The third kappa shape index (κ3) is 3.94. The summed E-state index contributed by atoms with van der Waals surface area (Å²) in [5, 5.41) is 0.735. The maximum atomic E-state index is 12.2. The number of hydrogen-bond donors (Lipinski definition) is 0. The van der Waals surface area contributed by atoms with Crippen LogP contribution < -0.4 is 0 Å². The van der Waals surface area contributed by atoms with E-state index >= 15 is 0 Å². The molecule has 1 aromatic carbocycles. The summed E-state index contributed by atoms with van der Waals surface area (Å²) >= 11 is 5.93. The number of ether oxygens (including phenoxy) is 1. The molecule has 1 amide bonds. The SMILES string of the molecule is COCC(=O)N1CCCC1c1cccc(Cc2ccc(Cl)cc2)n1. The second kappa shape index (κ2) is 7.77. The van der Waals surface area contributed by atoms with Crippen molar-refractivity contribution in [3.63, 3.8) is 0 Å². The highest BCUT2D eigenvalue weighted by Gasteiger charge is 2.30. The number of methoxy groups -OCH3 is 1. The van der Waals surface area contributed by atoms with Crippen molar-refractivity contribution in [2.24, 2.45) is 0 Å². The number of hydrogen-bond acceptors (Lipinski definition) is 3. The van der Waals surface area contributed by atoms with Crippen LogP contribution in [0.2, 0.25) is 5.02 Å². The number of halogens is 1. The lowest BCUT2D eigenvalue weighted by atomic mass is 10.1. The van der Waals surface area contributed by atoms with Crippen molar-refractivity contribution in [3.05, 3.63) is 64.4 Å². The fraction of sp³-hybridized carbons (Fsp3) is 0.368. The van der Waals surface area contributed by atoms with Crippen molar-refractivity contribution in [1.29, 1.82) is 0 Å².